The molecule has 0 unspecified atom stereocenters. The van der Waals surface area contributed by atoms with Crippen molar-refractivity contribution in [2.24, 2.45) is 17.4 Å². The molecule has 3 heteroatoms. The number of amides is 1. The van der Waals surface area contributed by atoms with Gasteiger partial charge in [-0.05, 0) is 5.92 Å². The minimum absolute atomic E-state index is 0.146. The standard InChI is InChI=1S/C5H12N2O/c1-3(2)4(6)5(7)8/h3-4H,6H2,1-2H3,(H2,7,8)/t4-/m0/s1/i6+1. The van der Waals surface area contributed by atoms with Crippen molar-refractivity contribution in [1.82, 2.24) is 0 Å². The van der Waals surface area contributed by atoms with Gasteiger partial charge in [-0.2, -0.15) is 0 Å². The summed E-state index contributed by atoms with van der Waals surface area (Å²) >= 11 is 0. The Hall–Kier alpha value is -0.570. The van der Waals surface area contributed by atoms with Crippen molar-refractivity contribution in [3.05, 3.63) is 0 Å². The fourth-order valence-electron chi connectivity index (χ4n) is 0.329. The van der Waals surface area contributed by atoms with Gasteiger partial charge in [-0.1, -0.05) is 13.8 Å². The number of carbonyl (C=O) groups is 1. The maximum absolute atomic E-state index is 10.2. The number of hydrogen-bond acceptors (Lipinski definition) is 2. The molecule has 8 heavy (non-hydrogen) atoms. The largest absolute Gasteiger partial charge is 0.368 e. The maximum atomic E-state index is 10.2. The van der Waals surface area contributed by atoms with E-state index >= 15 is 0 Å². The lowest BCUT2D eigenvalue weighted by molar-refractivity contribution is -0.120. The van der Waals surface area contributed by atoms with Crippen LogP contribution in [-0.2, 0) is 4.79 Å². The quantitative estimate of drug-likeness (QED) is 0.477. The number of primary amides is 1. The molecule has 1 amide bonds. The smallest absolute Gasteiger partial charge is 0.234 e. The van der Waals surface area contributed by atoms with Gasteiger partial charge < -0.3 is 11.5 Å². The summed E-state index contributed by atoms with van der Waals surface area (Å²) in [6, 6.07) is -0.491. The van der Waals surface area contributed by atoms with E-state index in [9.17, 15) is 4.79 Å². The van der Waals surface area contributed by atoms with Gasteiger partial charge in [0.05, 0.1) is 6.04 Å². The molecular formula is C5H12N2O. The molecule has 0 heterocycles. The summed E-state index contributed by atoms with van der Waals surface area (Å²) in [7, 11) is 0. The van der Waals surface area contributed by atoms with Crippen LogP contribution in [0.3, 0.4) is 0 Å². The van der Waals surface area contributed by atoms with E-state index in [0.717, 1.165) is 0 Å². The molecule has 0 aromatic heterocycles. The van der Waals surface area contributed by atoms with Crippen molar-refractivity contribution in [1.29, 1.82) is 0 Å². The number of rotatable bonds is 2. The minimum atomic E-state index is -0.491. The third-order valence-electron chi connectivity index (χ3n) is 1.05. The average molecular weight is 117 g/mol. The molecule has 0 saturated heterocycles. The van der Waals surface area contributed by atoms with Gasteiger partial charge in [-0.15, -0.1) is 0 Å². The fourth-order valence-corrected chi connectivity index (χ4v) is 0.329. The Balaban J connectivity index is 3.64. The Morgan fingerprint density at radius 3 is 1.88 bits per heavy atom. The summed E-state index contributed by atoms with van der Waals surface area (Å²) < 4.78 is 0. The topological polar surface area (TPSA) is 69.1 Å². The first kappa shape index (κ1) is 7.43. The summed E-state index contributed by atoms with van der Waals surface area (Å²) in [5, 5.41) is 0. The third kappa shape index (κ3) is 1.93. The van der Waals surface area contributed by atoms with Crippen LogP contribution in [0.4, 0.5) is 0 Å². The molecule has 0 aromatic carbocycles. The lowest BCUT2D eigenvalue weighted by Gasteiger charge is -2.09. The van der Waals surface area contributed by atoms with Gasteiger partial charge in [0.25, 0.3) is 0 Å². The first-order chi connectivity index (χ1) is 3.55. The second kappa shape index (κ2) is 2.67. The SMILES string of the molecule is CC(C)[C@H]([15NH2])C(N)=O. The Kier molecular flexibility index (Phi) is 2.48. The molecule has 0 aliphatic carbocycles. The van der Waals surface area contributed by atoms with Crippen LogP contribution in [0.1, 0.15) is 13.8 Å². The van der Waals surface area contributed by atoms with Crippen LogP contribution >= 0.6 is 0 Å². The van der Waals surface area contributed by atoms with Gasteiger partial charge in [-0.3, -0.25) is 4.79 Å². The molecule has 0 aromatic rings. The fraction of sp³-hybridized carbons (Fsp3) is 0.800. The molecule has 48 valence electrons. The molecular weight excluding hydrogens is 105 g/mol. The molecule has 1 atom stereocenters. The number of hydrogen-bond donors (Lipinski definition) is 2. The summed E-state index contributed by atoms with van der Waals surface area (Å²) in [5.41, 5.74) is 10.2. The van der Waals surface area contributed by atoms with Gasteiger partial charge in [-0.25, -0.2) is 0 Å². The van der Waals surface area contributed by atoms with Gasteiger partial charge in [0.2, 0.25) is 5.91 Å². The van der Waals surface area contributed by atoms with Crippen molar-refractivity contribution in [3.63, 3.8) is 0 Å². The highest BCUT2D eigenvalue weighted by atomic mass is 16.1. The second-order valence-corrected chi connectivity index (χ2v) is 2.17. The Morgan fingerprint density at radius 2 is 1.88 bits per heavy atom. The van der Waals surface area contributed by atoms with E-state index in [0.29, 0.717) is 0 Å². The van der Waals surface area contributed by atoms with Crippen LogP contribution in [0, 0.1) is 5.92 Å². The summed E-state index contributed by atoms with van der Waals surface area (Å²) in [5.74, 6) is -0.285. The highest BCUT2D eigenvalue weighted by molar-refractivity contribution is 5.79. The van der Waals surface area contributed by atoms with Crippen molar-refractivity contribution in [2.75, 3.05) is 0 Å². The monoisotopic (exact) mass is 117 g/mol. The highest BCUT2D eigenvalue weighted by Gasteiger charge is 2.12. The summed E-state index contributed by atoms with van der Waals surface area (Å²) in [6.07, 6.45) is 0. The molecule has 0 aliphatic rings. The van der Waals surface area contributed by atoms with E-state index in [1.165, 1.54) is 0 Å². The average Bonchev–Trinajstić information content (AvgIpc) is 1.64. The van der Waals surface area contributed by atoms with E-state index in [-0.39, 0.29) is 5.92 Å². The Bertz CT molecular complexity index is 90.4. The molecule has 0 aliphatic heterocycles. The molecule has 0 fully saturated rings. The molecule has 4 N–H and O–H groups in total. The van der Waals surface area contributed by atoms with Crippen LogP contribution in [0.2, 0.25) is 0 Å². The zero-order chi connectivity index (χ0) is 6.73. The van der Waals surface area contributed by atoms with E-state index in [2.05, 4.69) is 0 Å². The molecule has 0 saturated carbocycles. The Morgan fingerprint density at radius 1 is 1.50 bits per heavy atom. The summed E-state index contributed by atoms with van der Waals surface area (Å²) in [4.78, 5) is 10.2. The zero-order valence-electron chi connectivity index (χ0n) is 5.22. The molecule has 3 nitrogen and oxygen atoms in total. The van der Waals surface area contributed by atoms with E-state index in [1.807, 2.05) is 13.8 Å². The predicted octanol–water partition coefficient (Wildman–Crippen LogP) is -0.545. The van der Waals surface area contributed by atoms with Crippen molar-refractivity contribution in [2.45, 2.75) is 19.9 Å². The van der Waals surface area contributed by atoms with Crippen LogP contribution in [0.15, 0.2) is 0 Å². The first-order valence-electron chi connectivity index (χ1n) is 2.60. The normalized spacial score (nSPS) is 14.0. The first-order valence-corrected chi connectivity index (χ1v) is 2.60. The van der Waals surface area contributed by atoms with Crippen LogP contribution in [0.5, 0.6) is 0 Å². The van der Waals surface area contributed by atoms with Crippen molar-refractivity contribution < 1.29 is 4.79 Å². The summed E-state index contributed by atoms with van der Waals surface area (Å²) in [6.45, 7) is 3.71. The van der Waals surface area contributed by atoms with Gasteiger partial charge in [0, 0.05) is 0 Å². The molecule has 0 rings (SSSR count). The lowest BCUT2D eigenvalue weighted by Crippen LogP contribution is -2.40. The van der Waals surface area contributed by atoms with E-state index < -0.39 is 11.9 Å². The van der Waals surface area contributed by atoms with Crippen LogP contribution < -0.4 is 11.5 Å². The van der Waals surface area contributed by atoms with Crippen LogP contribution in [-0.4, -0.2) is 11.9 Å². The predicted molar refractivity (Wildman–Crippen MR) is 32.0 cm³/mol. The van der Waals surface area contributed by atoms with Gasteiger partial charge in [0.15, 0.2) is 0 Å². The second-order valence-electron chi connectivity index (χ2n) is 2.17. The van der Waals surface area contributed by atoms with E-state index in [4.69, 9.17) is 11.5 Å². The number of carbonyl (C=O) groups excluding carboxylic acids is 1. The Labute approximate surface area is 49.0 Å². The van der Waals surface area contributed by atoms with Crippen molar-refractivity contribution in [3.8, 4) is 0 Å². The van der Waals surface area contributed by atoms with Crippen LogP contribution in [0.25, 0.3) is 0 Å². The maximum Gasteiger partial charge on any atom is 0.234 e. The zero-order valence-corrected chi connectivity index (χ0v) is 5.22. The van der Waals surface area contributed by atoms with Crippen molar-refractivity contribution >= 4 is 5.91 Å². The highest BCUT2D eigenvalue weighted by Crippen LogP contribution is 1.95. The molecule has 0 radical (unpaired) electrons. The molecule has 0 bridgehead atoms. The van der Waals surface area contributed by atoms with Gasteiger partial charge in [0.1, 0.15) is 0 Å². The minimum Gasteiger partial charge on any atom is -0.368 e. The number of nitrogens with two attached hydrogens (primary N) is 2. The van der Waals surface area contributed by atoms with E-state index in [1.54, 1.807) is 0 Å². The van der Waals surface area contributed by atoms with Gasteiger partial charge >= 0.3 is 0 Å². The third-order valence-corrected chi connectivity index (χ3v) is 1.05. The molecule has 0 spiro atoms. The lowest BCUT2D eigenvalue weighted by atomic mass is 10.1.